The molecule has 0 bridgehead atoms. The van der Waals surface area contributed by atoms with Gasteiger partial charge in [-0.25, -0.2) is 0 Å². The second-order valence-corrected chi connectivity index (χ2v) is 3.07. The first kappa shape index (κ1) is 11.0. The lowest BCUT2D eigenvalue weighted by Gasteiger charge is -1.88. The van der Waals surface area contributed by atoms with E-state index in [4.69, 9.17) is 0 Å². The molecule has 0 aromatic carbocycles. The third-order valence-corrected chi connectivity index (χ3v) is 1.30. The highest BCUT2D eigenvalue weighted by atomic mass is 13.8. The summed E-state index contributed by atoms with van der Waals surface area (Å²) in [6.07, 6.45) is 10.5. The summed E-state index contributed by atoms with van der Waals surface area (Å²) in [6.45, 7) is 11.6. The molecule has 66 valence electrons. The normalized spacial score (nSPS) is 11.2. The molecule has 0 atom stereocenters. The molecule has 0 aromatic heterocycles. The zero-order chi connectivity index (χ0) is 9.40. The number of hydrogen-bond donors (Lipinski definition) is 0. The predicted octanol–water partition coefficient (Wildman–Crippen LogP) is 4.03. The first-order valence-corrected chi connectivity index (χ1v) is 4.27. The van der Waals surface area contributed by atoms with Crippen molar-refractivity contribution < 1.29 is 0 Å². The van der Waals surface area contributed by atoms with E-state index in [0.717, 1.165) is 24.0 Å². The van der Waals surface area contributed by atoms with E-state index in [9.17, 15) is 0 Å². The van der Waals surface area contributed by atoms with Crippen LogP contribution in [0.1, 0.15) is 26.7 Å². The number of unbranched alkanes of at least 4 members (excludes halogenated alkanes) is 1. The van der Waals surface area contributed by atoms with E-state index in [1.807, 2.05) is 13.8 Å². The molecule has 0 heteroatoms. The summed E-state index contributed by atoms with van der Waals surface area (Å²) in [5.41, 5.74) is 2.22. The highest BCUT2D eigenvalue weighted by molar-refractivity contribution is 5.13. The van der Waals surface area contributed by atoms with Gasteiger partial charge in [-0.05, 0) is 26.7 Å². The minimum absolute atomic E-state index is 1.08. The first-order chi connectivity index (χ1) is 5.63. The van der Waals surface area contributed by atoms with Gasteiger partial charge in [-0.15, -0.1) is 0 Å². The lowest BCUT2D eigenvalue weighted by Crippen LogP contribution is -1.67. The largest absolute Gasteiger partial charge is 0.0961 e. The topological polar surface area (TPSA) is 0 Å². The molecule has 0 aromatic rings. The summed E-state index contributed by atoms with van der Waals surface area (Å²) in [7, 11) is 0. The second-order valence-electron chi connectivity index (χ2n) is 3.07. The molecule has 0 saturated carbocycles. The Hall–Kier alpha value is -1.04. The Labute approximate surface area is 76.0 Å². The van der Waals surface area contributed by atoms with Crippen LogP contribution in [0.5, 0.6) is 0 Å². The van der Waals surface area contributed by atoms with Gasteiger partial charge in [-0.2, -0.15) is 0 Å². The Morgan fingerprint density at radius 1 is 0.917 bits per heavy atom. The fourth-order valence-corrected chi connectivity index (χ4v) is 0.761. The van der Waals surface area contributed by atoms with Crippen molar-refractivity contribution in [2.75, 3.05) is 0 Å². The van der Waals surface area contributed by atoms with Crippen LogP contribution >= 0.6 is 0 Å². The van der Waals surface area contributed by atoms with Gasteiger partial charge >= 0.3 is 0 Å². The van der Waals surface area contributed by atoms with Crippen molar-refractivity contribution >= 4 is 0 Å². The van der Waals surface area contributed by atoms with Crippen LogP contribution < -0.4 is 0 Å². The maximum Gasteiger partial charge on any atom is -0.0313 e. The van der Waals surface area contributed by atoms with Gasteiger partial charge in [0.25, 0.3) is 0 Å². The molecular formula is C12H18. The average molecular weight is 162 g/mol. The van der Waals surface area contributed by atoms with Gasteiger partial charge in [0.05, 0.1) is 0 Å². The van der Waals surface area contributed by atoms with Crippen LogP contribution in [0.15, 0.2) is 48.6 Å². The van der Waals surface area contributed by atoms with E-state index in [1.165, 1.54) is 0 Å². The van der Waals surface area contributed by atoms with Crippen LogP contribution in [0.2, 0.25) is 0 Å². The third kappa shape index (κ3) is 8.96. The maximum absolute atomic E-state index is 3.78. The molecule has 0 saturated heterocycles. The Balaban J connectivity index is 3.45. The summed E-state index contributed by atoms with van der Waals surface area (Å²) in [6, 6.07) is 0. The van der Waals surface area contributed by atoms with E-state index in [2.05, 4.69) is 37.5 Å². The minimum Gasteiger partial charge on any atom is -0.0961 e. The molecule has 0 radical (unpaired) electrons. The van der Waals surface area contributed by atoms with Gasteiger partial charge < -0.3 is 0 Å². The van der Waals surface area contributed by atoms with Crippen LogP contribution in [0, 0.1) is 0 Å². The van der Waals surface area contributed by atoms with E-state index in [-0.39, 0.29) is 0 Å². The van der Waals surface area contributed by atoms with Crippen molar-refractivity contribution in [1.82, 2.24) is 0 Å². The standard InChI is InChI=1S/C12H18/c1-11(2)9-7-5-6-8-10-12(3)4/h7-10H,1,3,5-6H2,2,4H3. The lowest BCUT2D eigenvalue weighted by atomic mass is 10.2. The van der Waals surface area contributed by atoms with Gasteiger partial charge in [0.2, 0.25) is 0 Å². The molecule has 0 fully saturated rings. The van der Waals surface area contributed by atoms with E-state index < -0.39 is 0 Å². The number of rotatable bonds is 5. The molecule has 0 aliphatic heterocycles. The molecule has 0 aliphatic carbocycles. The number of allylic oxidation sites excluding steroid dienone is 6. The molecule has 0 spiro atoms. The van der Waals surface area contributed by atoms with Gasteiger partial charge in [-0.1, -0.05) is 48.6 Å². The molecular weight excluding hydrogens is 144 g/mol. The molecule has 0 amide bonds. The van der Waals surface area contributed by atoms with Crippen molar-refractivity contribution in [2.24, 2.45) is 0 Å². The number of hydrogen-bond acceptors (Lipinski definition) is 0. The molecule has 0 aliphatic rings. The summed E-state index contributed by atoms with van der Waals surface area (Å²) < 4.78 is 0. The fourth-order valence-electron chi connectivity index (χ4n) is 0.761. The highest BCUT2D eigenvalue weighted by Crippen LogP contribution is 1.98. The maximum atomic E-state index is 3.78. The summed E-state index contributed by atoms with van der Waals surface area (Å²) in [5.74, 6) is 0. The highest BCUT2D eigenvalue weighted by Gasteiger charge is 1.77. The summed E-state index contributed by atoms with van der Waals surface area (Å²) in [5, 5.41) is 0. The van der Waals surface area contributed by atoms with E-state index in [0.29, 0.717) is 0 Å². The van der Waals surface area contributed by atoms with Crippen LogP contribution in [0.3, 0.4) is 0 Å². The van der Waals surface area contributed by atoms with Crippen LogP contribution in [-0.2, 0) is 0 Å². The molecule has 0 N–H and O–H groups in total. The molecule has 0 rings (SSSR count). The third-order valence-electron chi connectivity index (χ3n) is 1.30. The quantitative estimate of drug-likeness (QED) is 0.423. The SMILES string of the molecule is C=C(C)C=CCCC=CC(=C)C. The van der Waals surface area contributed by atoms with Crippen molar-refractivity contribution in [3.05, 3.63) is 48.6 Å². The van der Waals surface area contributed by atoms with Gasteiger partial charge in [0.15, 0.2) is 0 Å². The lowest BCUT2D eigenvalue weighted by molar-refractivity contribution is 1.05. The zero-order valence-corrected chi connectivity index (χ0v) is 8.14. The molecule has 0 unspecified atom stereocenters. The van der Waals surface area contributed by atoms with Crippen LogP contribution in [-0.4, -0.2) is 0 Å². The Morgan fingerprint density at radius 3 is 1.50 bits per heavy atom. The zero-order valence-electron chi connectivity index (χ0n) is 8.14. The first-order valence-electron chi connectivity index (χ1n) is 4.27. The molecule has 12 heavy (non-hydrogen) atoms. The monoisotopic (exact) mass is 162 g/mol. The molecule has 0 nitrogen and oxygen atoms in total. The Bertz CT molecular complexity index is 180. The minimum atomic E-state index is 1.08. The van der Waals surface area contributed by atoms with E-state index >= 15 is 0 Å². The van der Waals surface area contributed by atoms with Crippen LogP contribution in [0.4, 0.5) is 0 Å². The molecule has 0 heterocycles. The van der Waals surface area contributed by atoms with Crippen molar-refractivity contribution in [3.8, 4) is 0 Å². The predicted molar refractivity (Wildman–Crippen MR) is 57.1 cm³/mol. The smallest absolute Gasteiger partial charge is 0.0313 e. The fraction of sp³-hybridized carbons (Fsp3) is 0.333. The van der Waals surface area contributed by atoms with E-state index in [1.54, 1.807) is 0 Å². The Morgan fingerprint density at radius 2 is 1.25 bits per heavy atom. The summed E-state index contributed by atoms with van der Waals surface area (Å²) in [4.78, 5) is 0. The van der Waals surface area contributed by atoms with Crippen LogP contribution in [0.25, 0.3) is 0 Å². The van der Waals surface area contributed by atoms with Crippen molar-refractivity contribution in [1.29, 1.82) is 0 Å². The van der Waals surface area contributed by atoms with Gasteiger partial charge in [0, 0.05) is 0 Å². The van der Waals surface area contributed by atoms with Crippen molar-refractivity contribution in [3.63, 3.8) is 0 Å². The van der Waals surface area contributed by atoms with Gasteiger partial charge in [0.1, 0.15) is 0 Å². The second kappa shape index (κ2) is 6.66. The van der Waals surface area contributed by atoms with Crippen molar-refractivity contribution in [2.45, 2.75) is 26.7 Å². The average Bonchev–Trinajstić information content (AvgIpc) is 1.95. The van der Waals surface area contributed by atoms with Gasteiger partial charge in [-0.3, -0.25) is 0 Å². The Kier molecular flexibility index (Phi) is 6.08. The summed E-state index contributed by atoms with van der Waals surface area (Å²) >= 11 is 0.